The number of amides is 2. The summed E-state index contributed by atoms with van der Waals surface area (Å²) < 4.78 is 35.9. The highest BCUT2D eigenvalue weighted by atomic mass is 32.2. The third-order valence-corrected chi connectivity index (χ3v) is 3.65. The summed E-state index contributed by atoms with van der Waals surface area (Å²) in [6, 6.07) is 4.46. The number of hydrogen-bond acceptors (Lipinski definition) is 4. The van der Waals surface area contributed by atoms with E-state index in [4.69, 9.17) is 5.11 Å². The maximum Gasteiger partial charge on any atom is 0.397 e. The Morgan fingerprint density at radius 3 is 2.29 bits per heavy atom. The van der Waals surface area contributed by atoms with E-state index in [1.807, 2.05) is 0 Å². The molecule has 0 bridgehead atoms. The SMILES string of the molecule is CC(NC(=O)c1ccc(NC(=O)CSCC(F)(F)F)cc1)C(=O)O. The van der Waals surface area contributed by atoms with Crippen LogP contribution in [0.25, 0.3) is 0 Å². The van der Waals surface area contributed by atoms with Crippen LogP contribution in [0.4, 0.5) is 18.9 Å². The van der Waals surface area contributed by atoms with Gasteiger partial charge in [-0.1, -0.05) is 0 Å². The van der Waals surface area contributed by atoms with Gasteiger partial charge in [-0.15, -0.1) is 11.8 Å². The van der Waals surface area contributed by atoms with E-state index >= 15 is 0 Å². The average molecular weight is 364 g/mol. The zero-order chi connectivity index (χ0) is 18.3. The molecule has 1 rings (SSSR count). The molecular weight excluding hydrogens is 349 g/mol. The molecule has 2 amide bonds. The number of halogens is 3. The smallest absolute Gasteiger partial charge is 0.397 e. The van der Waals surface area contributed by atoms with Gasteiger partial charge in [-0.2, -0.15) is 13.2 Å². The molecule has 1 atom stereocenters. The molecule has 0 spiro atoms. The van der Waals surface area contributed by atoms with Crippen molar-refractivity contribution in [2.24, 2.45) is 0 Å². The molecule has 0 aliphatic carbocycles. The van der Waals surface area contributed by atoms with E-state index in [0.717, 1.165) is 0 Å². The number of carboxylic acids is 1. The minimum Gasteiger partial charge on any atom is -0.480 e. The van der Waals surface area contributed by atoms with Gasteiger partial charge >= 0.3 is 12.1 Å². The molecule has 6 nitrogen and oxygen atoms in total. The number of hydrogen-bond donors (Lipinski definition) is 3. The Balaban J connectivity index is 2.51. The van der Waals surface area contributed by atoms with Crippen LogP contribution in [0.5, 0.6) is 0 Å². The van der Waals surface area contributed by atoms with E-state index in [1.165, 1.54) is 31.2 Å². The number of carbonyl (C=O) groups excluding carboxylic acids is 2. The Morgan fingerprint density at radius 2 is 1.79 bits per heavy atom. The Bertz CT molecular complexity index is 605. The fourth-order valence-electron chi connectivity index (χ4n) is 1.50. The van der Waals surface area contributed by atoms with Gasteiger partial charge in [-0.3, -0.25) is 14.4 Å². The van der Waals surface area contributed by atoms with Gasteiger partial charge < -0.3 is 15.7 Å². The van der Waals surface area contributed by atoms with Crippen molar-refractivity contribution in [1.29, 1.82) is 0 Å². The fourth-order valence-corrected chi connectivity index (χ4v) is 2.09. The molecular formula is C14H15F3N2O4S. The van der Waals surface area contributed by atoms with Crippen molar-refractivity contribution in [2.75, 3.05) is 16.8 Å². The molecule has 0 aliphatic rings. The minimum atomic E-state index is -4.33. The molecule has 10 heteroatoms. The molecule has 1 aromatic carbocycles. The van der Waals surface area contributed by atoms with Crippen LogP contribution in [-0.2, 0) is 9.59 Å². The number of alkyl halides is 3. The van der Waals surface area contributed by atoms with Gasteiger partial charge in [0.2, 0.25) is 5.91 Å². The third kappa shape index (κ3) is 7.36. The van der Waals surface area contributed by atoms with Crippen molar-refractivity contribution < 1.29 is 32.7 Å². The summed E-state index contributed by atoms with van der Waals surface area (Å²) in [6.45, 7) is 1.31. The summed E-state index contributed by atoms with van der Waals surface area (Å²) in [5, 5.41) is 13.4. The number of rotatable bonds is 7. The number of benzene rings is 1. The molecule has 0 aliphatic heterocycles. The van der Waals surface area contributed by atoms with Gasteiger partial charge in [-0.05, 0) is 31.2 Å². The highest BCUT2D eigenvalue weighted by Crippen LogP contribution is 2.21. The third-order valence-electron chi connectivity index (χ3n) is 2.65. The lowest BCUT2D eigenvalue weighted by atomic mass is 10.2. The molecule has 0 radical (unpaired) electrons. The number of aliphatic carboxylic acids is 1. The zero-order valence-corrected chi connectivity index (χ0v) is 13.3. The number of thioether (sulfide) groups is 1. The minimum absolute atomic E-state index is 0.188. The van der Waals surface area contributed by atoms with Crippen molar-refractivity contribution in [1.82, 2.24) is 5.32 Å². The van der Waals surface area contributed by atoms with Crippen molar-refractivity contribution in [3.8, 4) is 0 Å². The second kappa shape index (κ2) is 8.57. The second-order valence-electron chi connectivity index (χ2n) is 4.77. The molecule has 132 valence electrons. The lowest BCUT2D eigenvalue weighted by Crippen LogP contribution is -2.38. The normalized spacial score (nSPS) is 12.3. The van der Waals surface area contributed by atoms with Crippen molar-refractivity contribution >= 4 is 35.2 Å². The maximum atomic E-state index is 12.0. The first-order valence-electron chi connectivity index (χ1n) is 6.66. The van der Waals surface area contributed by atoms with E-state index in [1.54, 1.807) is 0 Å². The summed E-state index contributed by atoms with van der Waals surface area (Å²) in [5.74, 6) is -3.83. The Labute approximate surface area is 139 Å². The van der Waals surface area contributed by atoms with Crippen LogP contribution in [-0.4, -0.2) is 46.6 Å². The number of carboxylic acid groups (broad SMARTS) is 1. The Morgan fingerprint density at radius 1 is 1.21 bits per heavy atom. The van der Waals surface area contributed by atoms with Gasteiger partial charge in [0, 0.05) is 11.3 Å². The van der Waals surface area contributed by atoms with Crippen LogP contribution in [0.1, 0.15) is 17.3 Å². The van der Waals surface area contributed by atoms with E-state index in [-0.39, 0.29) is 11.3 Å². The molecule has 24 heavy (non-hydrogen) atoms. The van der Waals surface area contributed by atoms with Gasteiger partial charge in [0.1, 0.15) is 6.04 Å². The maximum absolute atomic E-state index is 12.0. The second-order valence-corrected chi connectivity index (χ2v) is 5.75. The van der Waals surface area contributed by atoms with Crippen LogP contribution in [0.2, 0.25) is 0 Å². The standard InChI is InChI=1S/C14H15F3N2O4S/c1-8(13(22)23)18-12(21)9-2-4-10(5-3-9)19-11(20)6-24-7-14(15,16)17/h2-5,8H,6-7H2,1H3,(H,18,21)(H,19,20)(H,22,23). The van der Waals surface area contributed by atoms with Gasteiger partial charge in [0.15, 0.2) is 0 Å². The molecule has 0 saturated carbocycles. The molecule has 0 fully saturated rings. The average Bonchev–Trinajstić information content (AvgIpc) is 2.46. The highest BCUT2D eigenvalue weighted by molar-refractivity contribution is 8.00. The number of nitrogens with one attached hydrogen (secondary N) is 2. The summed E-state index contributed by atoms with van der Waals surface area (Å²) in [6.07, 6.45) is -4.33. The number of carbonyl (C=O) groups is 3. The quantitative estimate of drug-likeness (QED) is 0.689. The summed E-state index contributed by atoms with van der Waals surface area (Å²) in [4.78, 5) is 33.9. The lowest BCUT2D eigenvalue weighted by molar-refractivity contribution is -0.138. The largest absolute Gasteiger partial charge is 0.480 e. The summed E-state index contributed by atoms with van der Waals surface area (Å²) in [5.41, 5.74) is 0.503. The van der Waals surface area contributed by atoms with E-state index in [2.05, 4.69) is 10.6 Å². The molecule has 1 aromatic rings. The van der Waals surface area contributed by atoms with Crippen LogP contribution in [0, 0.1) is 0 Å². The predicted octanol–water partition coefficient (Wildman–Crippen LogP) is 2.12. The summed E-state index contributed by atoms with van der Waals surface area (Å²) in [7, 11) is 0. The molecule has 0 aromatic heterocycles. The first kappa shape index (κ1) is 19.8. The van der Waals surface area contributed by atoms with Crippen LogP contribution in [0.15, 0.2) is 24.3 Å². The van der Waals surface area contributed by atoms with E-state index < -0.39 is 35.8 Å². The van der Waals surface area contributed by atoms with Crippen molar-refractivity contribution in [3.63, 3.8) is 0 Å². The Hall–Kier alpha value is -2.23. The van der Waals surface area contributed by atoms with E-state index in [9.17, 15) is 27.6 Å². The van der Waals surface area contributed by atoms with Gasteiger partial charge in [-0.25, -0.2) is 0 Å². The van der Waals surface area contributed by atoms with Crippen LogP contribution in [0.3, 0.4) is 0 Å². The van der Waals surface area contributed by atoms with Crippen LogP contribution < -0.4 is 10.6 Å². The zero-order valence-electron chi connectivity index (χ0n) is 12.5. The van der Waals surface area contributed by atoms with Crippen LogP contribution >= 0.6 is 11.8 Å². The molecule has 3 N–H and O–H groups in total. The van der Waals surface area contributed by atoms with Crippen molar-refractivity contribution in [3.05, 3.63) is 29.8 Å². The topological polar surface area (TPSA) is 95.5 Å². The highest BCUT2D eigenvalue weighted by Gasteiger charge is 2.27. The van der Waals surface area contributed by atoms with E-state index in [0.29, 0.717) is 17.4 Å². The Kier molecular flexibility index (Phi) is 7.08. The molecule has 0 saturated heterocycles. The first-order chi connectivity index (χ1) is 11.1. The summed E-state index contributed by atoms with van der Waals surface area (Å²) >= 11 is 0.448. The molecule has 0 heterocycles. The van der Waals surface area contributed by atoms with Crippen molar-refractivity contribution in [2.45, 2.75) is 19.1 Å². The molecule has 1 unspecified atom stereocenters. The predicted molar refractivity (Wildman–Crippen MR) is 83.0 cm³/mol. The lowest BCUT2D eigenvalue weighted by Gasteiger charge is -2.10. The first-order valence-corrected chi connectivity index (χ1v) is 7.82. The van der Waals surface area contributed by atoms with Gasteiger partial charge in [0.25, 0.3) is 5.91 Å². The van der Waals surface area contributed by atoms with Gasteiger partial charge in [0.05, 0.1) is 11.5 Å². The monoisotopic (exact) mass is 364 g/mol. The fraction of sp³-hybridized carbons (Fsp3) is 0.357. The number of anilines is 1.